The number of aryl methyl sites for hydroxylation is 1. The third-order valence-electron chi connectivity index (χ3n) is 2.54. The molecule has 0 radical (unpaired) electrons. The van der Waals surface area contributed by atoms with E-state index < -0.39 is 0 Å². The molecule has 0 saturated carbocycles. The van der Waals surface area contributed by atoms with E-state index in [2.05, 4.69) is 28.9 Å². The zero-order valence-electron chi connectivity index (χ0n) is 10.4. The van der Waals surface area contributed by atoms with Crippen LogP contribution in [0.15, 0.2) is 18.5 Å². The largest absolute Gasteiger partial charge is 0.325 e. The number of nitrogens with zero attached hydrogens (tertiary/aromatic N) is 4. The molecule has 2 N–H and O–H groups in total. The van der Waals surface area contributed by atoms with E-state index >= 15 is 0 Å². The molecule has 0 aliphatic carbocycles. The molecule has 0 aliphatic rings. The van der Waals surface area contributed by atoms with E-state index in [0.717, 1.165) is 22.9 Å². The zero-order valence-corrected chi connectivity index (χ0v) is 10.4. The summed E-state index contributed by atoms with van der Waals surface area (Å²) >= 11 is 0. The Bertz CT molecular complexity index is 515. The molecule has 0 atom stereocenters. The van der Waals surface area contributed by atoms with Crippen molar-refractivity contribution >= 4 is 0 Å². The van der Waals surface area contributed by atoms with Gasteiger partial charge in [0.2, 0.25) is 0 Å². The van der Waals surface area contributed by atoms with Crippen LogP contribution in [0, 0.1) is 6.92 Å². The van der Waals surface area contributed by atoms with E-state index in [0.29, 0.717) is 12.5 Å². The SMILES string of the molecule is Cc1ccn(-c2cnc(C(C)C)nc2CN)n1. The molecule has 17 heavy (non-hydrogen) atoms. The summed E-state index contributed by atoms with van der Waals surface area (Å²) in [5, 5.41) is 4.35. The summed E-state index contributed by atoms with van der Waals surface area (Å²) in [6, 6.07) is 1.94. The lowest BCUT2D eigenvalue weighted by atomic mass is 10.2. The Morgan fingerprint density at radius 3 is 2.71 bits per heavy atom. The molecule has 0 spiro atoms. The van der Waals surface area contributed by atoms with Gasteiger partial charge in [-0.15, -0.1) is 0 Å². The molecule has 0 amide bonds. The fraction of sp³-hybridized carbons (Fsp3) is 0.417. The summed E-state index contributed by atoms with van der Waals surface area (Å²) in [5.74, 6) is 1.12. The molecule has 2 aromatic heterocycles. The average Bonchev–Trinajstić information content (AvgIpc) is 2.74. The molecule has 0 saturated heterocycles. The summed E-state index contributed by atoms with van der Waals surface area (Å²) in [4.78, 5) is 8.82. The maximum Gasteiger partial charge on any atom is 0.131 e. The molecule has 2 heterocycles. The van der Waals surface area contributed by atoms with Gasteiger partial charge in [0, 0.05) is 18.7 Å². The molecule has 0 fully saturated rings. The van der Waals surface area contributed by atoms with E-state index in [9.17, 15) is 0 Å². The van der Waals surface area contributed by atoms with Crippen LogP contribution in [0.2, 0.25) is 0 Å². The molecular formula is C12H17N5. The predicted molar refractivity (Wildman–Crippen MR) is 65.9 cm³/mol. The molecule has 0 aliphatic heterocycles. The lowest BCUT2D eigenvalue weighted by Gasteiger charge is -2.10. The van der Waals surface area contributed by atoms with E-state index in [1.54, 1.807) is 10.9 Å². The zero-order chi connectivity index (χ0) is 12.4. The second-order valence-electron chi connectivity index (χ2n) is 4.32. The fourth-order valence-corrected chi connectivity index (χ4v) is 1.60. The van der Waals surface area contributed by atoms with Crippen molar-refractivity contribution in [3.8, 4) is 5.69 Å². The van der Waals surface area contributed by atoms with Gasteiger partial charge in [-0.2, -0.15) is 5.10 Å². The Balaban J connectivity index is 2.48. The van der Waals surface area contributed by atoms with Crippen molar-refractivity contribution in [3.63, 3.8) is 0 Å². The monoisotopic (exact) mass is 231 g/mol. The van der Waals surface area contributed by atoms with Gasteiger partial charge in [-0.25, -0.2) is 14.6 Å². The second-order valence-corrected chi connectivity index (χ2v) is 4.32. The van der Waals surface area contributed by atoms with Gasteiger partial charge in [0.05, 0.1) is 17.6 Å². The first kappa shape index (κ1) is 11.7. The molecule has 2 rings (SSSR count). The molecule has 90 valence electrons. The Morgan fingerprint density at radius 1 is 1.41 bits per heavy atom. The van der Waals surface area contributed by atoms with Gasteiger partial charge in [-0.05, 0) is 13.0 Å². The Labute approximate surface area is 101 Å². The molecule has 5 nitrogen and oxygen atoms in total. The highest BCUT2D eigenvalue weighted by molar-refractivity contribution is 5.34. The first-order valence-electron chi connectivity index (χ1n) is 5.70. The smallest absolute Gasteiger partial charge is 0.131 e. The number of nitrogens with two attached hydrogens (primary N) is 1. The quantitative estimate of drug-likeness (QED) is 0.870. The first-order valence-corrected chi connectivity index (χ1v) is 5.70. The molecular weight excluding hydrogens is 214 g/mol. The molecule has 0 bridgehead atoms. The third kappa shape index (κ3) is 2.34. The van der Waals surface area contributed by atoms with Crippen LogP contribution in [0.3, 0.4) is 0 Å². The number of aromatic nitrogens is 4. The van der Waals surface area contributed by atoms with Gasteiger partial charge in [0.1, 0.15) is 11.5 Å². The predicted octanol–water partition coefficient (Wildman–Crippen LogP) is 1.55. The number of hydrogen-bond acceptors (Lipinski definition) is 4. The third-order valence-corrected chi connectivity index (χ3v) is 2.54. The van der Waals surface area contributed by atoms with Crippen molar-refractivity contribution in [3.05, 3.63) is 35.7 Å². The van der Waals surface area contributed by atoms with Gasteiger partial charge < -0.3 is 5.73 Å². The lowest BCUT2D eigenvalue weighted by Crippen LogP contribution is -2.11. The van der Waals surface area contributed by atoms with Crippen molar-refractivity contribution in [2.45, 2.75) is 33.2 Å². The van der Waals surface area contributed by atoms with Gasteiger partial charge in [0.15, 0.2) is 0 Å². The Hall–Kier alpha value is -1.75. The van der Waals surface area contributed by atoms with Crippen LogP contribution < -0.4 is 5.73 Å². The fourth-order valence-electron chi connectivity index (χ4n) is 1.60. The van der Waals surface area contributed by atoms with Crippen LogP contribution >= 0.6 is 0 Å². The van der Waals surface area contributed by atoms with Crippen LogP contribution in [0.4, 0.5) is 0 Å². The molecule has 0 aromatic carbocycles. The topological polar surface area (TPSA) is 69.6 Å². The second kappa shape index (κ2) is 4.63. The van der Waals surface area contributed by atoms with Crippen molar-refractivity contribution in [1.82, 2.24) is 19.7 Å². The molecule has 5 heteroatoms. The minimum atomic E-state index is 0.300. The highest BCUT2D eigenvalue weighted by Gasteiger charge is 2.10. The van der Waals surface area contributed by atoms with Crippen molar-refractivity contribution < 1.29 is 0 Å². The number of hydrogen-bond donors (Lipinski definition) is 1. The first-order chi connectivity index (χ1) is 8.11. The summed E-state index contributed by atoms with van der Waals surface area (Å²) < 4.78 is 1.77. The van der Waals surface area contributed by atoms with Crippen LogP contribution in [0.5, 0.6) is 0 Å². The van der Waals surface area contributed by atoms with Crippen LogP contribution in [0.25, 0.3) is 5.69 Å². The normalized spacial score (nSPS) is 11.1. The van der Waals surface area contributed by atoms with Crippen molar-refractivity contribution in [1.29, 1.82) is 0 Å². The van der Waals surface area contributed by atoms with Gasteiger partial charge in [-0.1, -0.05) is 13.8 Å². The van der Waals surface area contributed by atoms with Crippen LogP contribution in [0.1, 0.15) is 37.0 Å². The Morgan fingerprint density at radius 2 is 2.18 bits per heavy atom. The van der Waals surface area contributed by atoms with Gasteiger partial charge in [-0.3, -0.25) is 0 Å². The van der Waals surface area contributed by atoms with E-state index in [1.807, 2.05) is 19.2 Å². The van der Waals surface area contributed by atoms with Crippen LogP contribution in [-0.4, -0.2) is 19.7 Å². The highest BCUT2D eigenvalue weighted by Crippen LogP contribution is 2.15. The van der Waals surface area contributed by atoms with E-state index in [-0.39, 0.29) is 0 Å². The lowest BCUT2D eigenvalue weighted by molar-refractivity contribution is 0.736. The average molecular weight is 231 g/mol. The minimum Gasteiger partial charge on any atom is -0.325 e. The summed E-state index contributed by atoms with van der Waals surface area (Å²) in [6.45, 7) is 6.46. The molecule has 0 unspecified atom stereocenters. The highest BCUT2D eigenvalue weighted by atomic mass is 15.3. The summed E-state index contributed by atoms with van der Waals surface area (Å²) in [5.41, 5.74) is 8.37. The van der Waals surface area contributed by atoms with Gasteiger partial charge in [0.25, 0.3) is 0 Å². The van der Waals surface area contributed by atoms with Crippen molar-refractivity contribution in [2.75, 3.05) is 0 Å². The standard InChI is InChI=1S/C12H17N5/c1-8(2)12-14-7-11(10(6-13)15-12)17-5-4-9(3)16-17/h4-5,7-8H,6,13H2,1-3H3. The van der Waals surface area contributed by atoms with E-state index in [4.69, 9.17) is 5.73 Å². The Kier molecular flexibility index (Phi) is 3.19. The summed E-state index contributed by atoms with van der Waals surface area (Å²) in [7, 11) is 0. The summed E-state index contributed by atoms with van der Waals surface area (Å²) in [6.07, 6.45) is 3.68. The maximum absolute atomic E-state index is 5.73. The number of rotatable bonds is 3. The maximum atomic E-state index is 5.73. The van der Waals surface area contributed by atoms with Gasteiger partial charge >= 0.3 is 0 Å². The van der Waals surface area contributed by atoms with Crippen molar-refractivity contribution in [2.24, 2.45) is 5.73 Å². The minimum absolute atomic E-state index is 0.300. The molecule has 2 aromatic rings. The van der Waals surface area contributed by atoms with E-state index in [1.165, 1.54) is 0 Å². The van der Waals surface area contributed by atoms with Crippen LogP contribution in [-0.2, 0) is 6.54 Å².